The van der Waals surface area contributed by atoms with Gasteiger partial charge in [-0.2, -0.15) is 0 Å². The first-order valence-corrected chi connectivity index (χ1v) is 9.05. The van der Waals surface area contributed by atoms with Crippen LogP contribution in [-0.4, -0.2) is 30.4 Å². The molecule has 0 bridgehead atoms. The molecule has 5 heteroatoms. The zero-order valence-corrected chi connectivity index (χ0v) is 14.0. The first-order valence-electron chi connectivity index (χ1n) is 9.05. The summed E-state index contributed by atoms with van der Waals surface area (Å²) in [6.45, 7) is 4.52. The predicted octanol–water partition coefficient (Wildman–Crippen LogP) is 3.05. The molecule has 0 aromatic heterocycles. The van der Waals surface area contributed by atoms with Gasteiger partial charge in [-0.15, -0.1) is 0 Å². The van der Waals surface area contributed by atoms with E-state index >= 15 is 0 Å². The molecule has 1 aromatic carbocycles. The zero-order chi connectivity index (χ0) is 16.8. The average Bonchev–Trinajstić information content (AvgIpc) is 3.37. The first kappa shape index (κ1) is 16.0. The van der Waals surface area contributed by atoms with E-state index in [1.54, 1.807) is 0 Å². The SMILES string of the molecule is CC1c2cc(F)cc(F)c2CCN1C(=O)[C@@H]1C[C@H]1C1CCNCC1. The predicted molar refractivity (Wildman–Crippen MR) is 87.4 cm³/mol. The molecule has 1 N–H and O–H groups in total. The van der Waals surface area contributed by atoms with Crippen molar-refractivity contribution in [3.8, 4) is 0 Å². The van der Waals surface area contributed by atoms with Crippen molar-refractivity contribution in [1.29, 1.82) is 0 Å². The number of benzene rings is 1. The lowest BCUT2D eigenvalue weighted by Gasteiger charge is -2.36. The largest absolute Gasteiger partial charge is 0.335 e. The lowest BCUT2D eigenvalue weighted by molar-refractivity contribution is -0.135. The van der Waals surface area contributed by atoms with Gasteiger partial charge >= 0.3 is 0 Å². The molecule has 0 radical (unpaired) electrons. The number of hydrogen-bond acceptors (Lipinski definition) is 2. The number of carbonyl (C=O) groups excluding carboxylic acids is 1. The second-order valence-corrected chi connectivity index (χ2v) is 7.51. The van der Waals surface area contributed by atoms with Crippen molar-refractivity contribution in [3.63, 3.8) is 0 Å². The molecule has 0 spiro atoms. The van der Waals surface area contributed by atoms with Gasteiger partial charge < -0.3 is 10.2 Å². The number of hydrogen-bond donors (Lipinski definition) is 1. The minimum atomic E-state index is -0.564. The Bertz CT molecular complexity index is 657. The van der Waals surface area contributed by atoms with Gasteiger partial charge in [0, 0.05) is 18.5 Å². The fourth-order valence-electron chi connectivity index (χ4n) is 4.66. The van der Waals surface area contributed by atoms with Gasteiger partial charge in [-0.25, -0.2) is 8.78 Å². The molecule has 1 unspecified atom stereocenters. The van der Waals surface area contributed by atoms with E-state index < -0.39 is 11.6 Å². The molecule has 24 heavy (non-hydrogen) atoms. The van der Waals surface area contributed by atoms with Gasteiger partial charge in [-0.3, -0.25) is 4.79 Å². The average molecular weight is 334 g/mol. The molecule has 3 aliphatic rings. The molecular weight excluding hydrogens is 310 g/mol. The molecule has 1 saturated heterocycles. The van der Waals surface area contributed by atoms with Crippen LogP contribution in [0.1, 0.15) is 43.4 Å². The number of piperidine rings is 1. The van der Waals surface area contributed by atoms with Crippen molar-refractivity contribution in [2.75, 3.05) is 19.6 Å². The van der Waals surface area contributed by atoms with Crippen LogP contribution in [0.2, 0.25) is 0 Å². The van der Waals surface area contributed by atoms with Crippen molar-refractivity contribution < 1.29 is 13.6 Å². The summed E-state index contributed by atoms with van der Waals surface area (Å²) in [7, 11) is 0. The Morgan fingerprint density at radius 1 is 1.25 bits per heavy atom. The van der Waals surface area contributed by atoms with Gasteiger partial charge in [0.2, 0.25) is 5.91 Å². The second-order valence-electron chi connectivity index (χ2n) is 7.51. The number of nitrogens with zero attached hydrogens (tertiary/aromatic N) is 1. The van der Waals surface area contributed by atoms with Crippen molar-refractivity contribution in [3.05, 3.63) is 34.9 Å². The van der Waals surface area contributed by atoms with Crippen LogP contribution in [0.3, 0.4) is 0 Å². The Hall–Kier alpha value is -1.49. The van der Waals surface area contributed by atoms with Crippen LogP contribution < -0.4 is 5.32 Å². The van der Waals surface area contributed by atoms with E-state index in [9.17, 15) is 13.6 Å². The van der Waals surface area contributed by atoms with E-state index in [0.29, 0.717) is 35.9 Å². The summed E-state index contributed by atoms with van der Waals surface area (Å²) in [4.78, 5) is 14.8. The van der Waals surface area contributed by atoms with Crippen molar-refractivity contribution in [2.45, 2.75) is 38.6 Å². The van der Waals surface area contributed by atoms with Gasteiger partial charge in [-0.1, -0.05) is 0 Å². The molecule has 2 fully saturated rings. The highest BCUT2D eigenvalue weighted by molar-refractivity contribution is 5.82. The summed E-state index contributed by atoms with van der Waals surface area (Å²) in [6, 6.07) is 2.08. The second kappa shape index (κ2) is 6.10. The molecule has 1 aromatic rings. The highest BCUT2D eigenvalue weighted by atomic mass is 19.1. The maximum absolute atomic E-state index is 14.0. The standard InChI is InChI=1S/C19H24F2N2O/c1-11-15-8-13(20)9-18(21)14(15)4-7-23(11)19(24)17-10-16(17)12-2-5-22-6-3-12/h8-9,11-12,16-17,22H,2-7,10H2,1H3/t11?,16-,17+/m0/s1. The molecule has 2 aliphatic heterocycles. The first-order chi connectivity index (χ1) is 11.6. The van der Waals surface area contributed by atoms with Crippen molar-refractivity contribution in [2.24, 2.45) is 17.8 Å². The lowest BCUT2D eigenvalue weighted by Crippen LogP contribution is -2.41. The number of rotatable bonds is 2. The molecule has 1 saturated carbocycles. The van der Waals surface area contributed by atoms with E-state index in [2.05, 4.69) is 5.32 Å². The van der Waals surface area contributed by atoms with Crippen molar-refractivity contribution >= 4 is 5.91 Å². The number of fused-ring (bicyclic) bond motifs is 1. The smallest absolute Gasteiger partial charge is 0.226 e. The third kappa shape index (κ3) is 2.73. The summed E-state index contributed by atoms with van der Waals surface area (Å²) in [5, 5.41) is 3.37. The van der Waals surface area contributed by atoms with Crippen LogP contribution in [0.5, 0.6) is 0 Å². The summed E-state index contributed by atoms with van der Waals surface area (Å²) < 4.78 is 27.5. The monoisotopic (exact) mass is 334 g/mol. The lowest BCUT2D eigenvalue weighted by atomic mass is 9.90. The Morgan fingerprint density at radius 2 is 2.00 bits per heavy atom. The van der Waals surface area contributed by atoms with E-state index in [-0.39, 0.29) is 17.9 Å². The van der Waals surface area contributed by atoms with Crippen LogP contribution >= 0.6 is 0 Å². The van der Waals surface area contributed by atoms with Gasteiger partial charge in [0.1, 0.15) is 11.6 Å². The van der Waals surface area contributed by atoms with E-state index in [4.69, 9.17) is 0 Å². The molecular formula is C19H24F2N2O. The third-order valence-corrected chi connectivity index (χ3v) is 6.14. The summed E-state index contributed by atoms with van der Waals surface area (Å²) in [5.41, 5.74) is 1.20. The Kier molecular flexibility index (Phi) is 4.07. The fraction of sp³-hybridized carbons (Fsp3) is 0.632. The Balaban J connectivity index is 1.48. The molecule has 1 aliphatic carbocycles. The third-order valence-electron chi connectivity index (χ3n) is 6.14. The number of amides is 1. The molecule has 1 amide bonds. The van der Waals surface area contributed by atoms with Crippen LogP contribution in [-0.2, 0) is 11.2 Å². The maximum atomic E-state index is 14.0. The van der Waals surface area contributed by atoms with Crippen LogP contribution in [0.15, 0.2) is 12.1 Å². The van der Waals surface area contributed by atoms with Gasteiger partial charge in [-0.05, 0) is 74.7 Å². The maximum Gasteiger partial charge on any atom is 0.226 e. The van der Waals surface area contributed by atoms with E-state index in [1.807, 2.05) is 11.8 Å². The Morgan fingerprint density at radius 3 is 2.75 bits per heavy atom. The molecule has 4 rings (SSSR count). The topological polar surface area (TPSA) is 32.3 Å². The molecule has 3 nitrogen and oxygen atoms in total. The zero-order valence-electron chi connectivity index (χ0n) is 14.0. The highest BCUT2D eigenvalue weighted by Crippen LogP contribution is 2.49. The van der Waals surface area contributed by atoms with Gasteiger partial charge in [0.15, 0.2) is 0 Å². The van der Waals surface area contributed by atoms with Gasteiger partial charge in [0.25, 0.3) is 0 Å². The minimum Gasteiger partial charge on any atom is -0.335 e. The molecule has 3 atom stereocenters. The van der Waals surface area contributed by atoms with Crippen molar-refractivity contribution in [1.82, 2.24) is 10.2 Å². The quantitative estimate of drug-likeness (QED) is 0.902. The normalized spacial score (nSPS) is 30.1. The number of carbonyl (C=O) groups is 1. The summed E-state index contributed by atoms with van der Waals surface area (Å²) >= 11 is 0. The van der Waals surface area contributed by atoms with Crippen LogP contribution in [0, 0.1) is 29.4 Å². The van der Waals surface area contributed by atoms with Crippen LogP contribution in [0.4, 0.5) is 8.78 Å². The summed E-state index contributed by atoms with van der Waals surface area (Å²) in [6.07, 6.45) is 3.77. The van der Waals surface area contributed by atoms with E-state index in [1.165, 1.54) is 6.07 Å². The van der Waals surface area contributed by atoms with Gasteiger partial charge in [0.05, 0.1) is 6.04 Å². The minimum absolute atomic E-state index is 0.121. The highest BCUT2D eigenvalue weighted by Gasteiger charge is 2.49. The Labute approximate surface area is 141 Å². The van der Waals surface area contributed by atoms with Crippen LogP contribution in [0.25, 0.3) is 0 Å². The number of halogens is 2. The molecule has 2 heterocycles. The molecule has 130 valence electrons. The van der Waals surface area contributed by atoms with E-state index in [0.717, 1.165) is 38.4 Å². The fourth-order valence-corrected chi connectivity index (χ4v) is 4.66. The number of nitrogens with one attached hydrogen (secondary N) is 1. The summed E-state index contributed by atoms with van der Waals surface area (Å²) in [5.74, 6) is 0.422.